The third-order valence-corrected chi connectivity index (χ3v) is 14.0. The van der Waals surface area contributed by atoms with E-state index in [1.807, 2.05) is 0 Å². The fraction of sp³-hybridized carbons (Fsp3) is 0. The molecule has 10 aromatic carbocycles. The van der Waals surface area contributed by atoms with Crippen LogP contribution in [0.3, 0.4) is 0 Å². The van der Waals surface area contributed by atoms with Crippen molar-refractivity contribution in [2.24, 2.45) is 0 Å². The molecule has 0 saturated carbocycles. The molecule has 0 aliphatic carbocycles. The van der Waals surface area contributed by atoms with Gasteiger partial charge in [-0.2, -0.15) is 0 Å². The van der Waals surface area contributed by atoms with Crippen molar-refractivity contribution in [3.8, 4) is 45.4 Å². The van der Waals surface area contributed by atoms with Gasteiger partial charge >= 0.3 is 0 Å². The third-order valence-electron chi connectivity index (χ3n) is 14.0. The Kier molecular flexibility index (Phi) is 6.89. The Hall–Kier alpha value is -8.80. The highest BCUT2D eigenvalue weighted by Crippen LogP contribution is 2.49. The van der Waals surface area contributed by atoms with Crippen LogP contribution in [0.2, 0.25) is 0 Å². The summed E-state index contributed by atoms with van der Waals surface area (Å²) in [6, 6.07) is 79.5. The van der Waals surface area contributed by atoms with Crippen molar-refractivity contribution in [2.75, 3.05) is 0 Å². The zero-order valence-electron chi connectivity index (χ0n) is 35.0. The number of para-hydroxylation sites is 7. The second-order valence-electron chi connectivity index (χ2n) is 17.3. The topological polar surface area (TPSA) is 28.9 Å². The van der Waals surface area contributed by atoms with Gasteiger partial charge in [0.05, 0.1) is 49.8 Å². The lowest BCUT2D eigenvalue weighted by atomic mass is 10.0. The summed E-state index contributed by atoms with van der Waals surface area (Å²) in [5, 5.41) is 9.83. The molecule has 302 valence electrons. The summed E-state index contributed by atoms with van der Waals surface area (Å²) in [4.78, 5) is 0. The minimum Gasteiger partial charge on any atom is -0.452 e. The van der Waals surface area contributed by atoms with Gasteiger partial charge in [-0.05, 0) is 96.6 Å². The summed E-state index contributed by atoms with van der Waals surface area (Å²) in [6.45, 7) is 0. The van der Waals surface area contributed by atoms with Crippen molar-refractivity contribution in [3.05, 3.63) is 218 Å². The van der Waals surface area contributed by atoms with E-state index in [1.165, 1.54) is 70.7 Å². The Morgan fingerprint density at radius 1 is 0.277 bits per heavy atom. The van der Waals surface area contributed by atoms with E-state index in [2.05, 4.69) is 237 Å². The average Bonchev–Trinajstić information content (AvgIpc) is 4.10. The number of benzene rings is 10. The molecule has 5 heteroatoms. The molecule has 5 nitrogen and oxygen atoms in total. The van der Waals surface area contributed by atoms with Gasteiger partial charge in [-0.25, -0.2) is 0 Å². The lowest BCUT2D eigenvalue weighted by Crippen LogP contribution is -2.05. The van der Waals surface area contributed by atoms with Crippen LogP contribution in [-0.2, 0) is 0 Å². The zero-order valence-corrected chi connectivity index (χ0v) is 35.0. The van der Waals surface area contributed by atoms with E-state index in [9.17, 15) is 0 Å². The van der Waals surface area contributed by atoms with Crippen LogP contribution in [-0.4, -0.2) is 18.3 Å². The molecule has 15 rings (SSSR count). The van der Waals surface area contributed by atoms with Gasteiger partial charge in [0.15, 0.2) is 11.5 Å². The first-order valence-electron chi connectivity index (χ1n) is 22.3. The van der Waals surface area contributed by atoms with Gasteiger partial charge < -0.3 is 23.0 Å². The summed E-state index contributed by atoms with van der Waals surface area (Å²) in [5.74, 6) is 1.75. The molecule has 1 aliphatic rings. The molecule has 0 N–H and O–H groups in total. The molecule has 14 aromatic rings. The van der Waals surface area contributed by atoms with Crippen LogP contribution < -0.4 is 4.74 Å². The highest BCUT2D eigenvalue weighted by molar-refractivity contribution is 6.15. The van der Waals surface area contributed by atoms with Crippen LogP contribution in [0, 0.1) is 0 Å². The smallest absolute Gasteiger partial charge is 0.159 e. The fourth-order valence-electron chi connectivity index (χ4n) is 11.2. The van der Waals surface area contributed by atoms with Gasteiger partial charge in [0.25, 0.3) is 0 Å². The molecule has 0 atom stereocenters. The second kappa shape index (κ2) is 12.9. The molecule has 0 fully saturated rings. The normalized spacial score (nSPS) is 12.4. The second-order valence-corrected chi connectivity index (χ2v) is 17.3. The average molecular weight is 829 g/mol. The SMILES string of the molecule is c1cc(-c2ccc(-n3c4ccc(-n5c6ccccc6c6ccccc65)cc4c4cc(-n5c6ccccc6c6ccccc65)ccc43)cc2)c2c(c1)-n1c3ccccc3c3cccc(c31)O2. The Bertz CT molecular complexity index is 4050. The fourth-order valence-corrected chi connectivity index (χ4v) is 11.2. The number of aromatic nitrogens is 4. The summed E-state index contributed by atoms with van der Waals surface area (Å²) >= 11 is 0. The summed E-state index contributed by atoms with van der Waals surface area (Å²) < 4.78 is 16.5. The van der Waals surface area contributed by atoms with Crippen LogP contribution in [0.5, 0.6) is 11.5 Å². The van der Waals surface area contributed by atoms with Crippen LogP contribution in [0.25, 0.3) is 121 Å². The highest BCUT2D eigenvalue weighted by Gasteiger charge is 2.26. The van der Waals surface area contributed by atoms with Crippen molar-refractivity contribution in [1.82, 2.24) is 18.3 Å². The first-order valence-corrected chi connectivity index (χ1v) is 22.3. The van der Waals surface area contributed by atoms with Crippen LogP contribution in [0.4, 0.5) is 0 Å². The molecule has 1 aliphatic heterocycles. The maximum Gasteiger partial charge on any atom is 0.159 e. The standard InChI is InChI=1S/C60H36N4O/c1-6-20-50-42(13-1)43-14-2-7-21-51(43)62(50)39-31-33-55-48(35-39)49-36-40(63-52-22-8-3-15-44(52)45-16-4-9-23-53(45)63)32-34-56(49)61(55)38-29-27-37(28-30-38)41-18-11-25-57-60(41)65-58-26-12-19-47-46-17-5-10-24-54(46)64(57)59(47)58/h1-36H. The number of hydrogen-bond donors (Lipinski definition) is 0. The molecule has 0 bridgehead atoms. The first-order chi connectivity index (χ1) is 32.3. The number of fused-ring (bicyclic) bond motifs is 14. The maximum atomic E-state index is 6.84. The zero-order chi connectivity index (χ0) is 42.3. The molecular formula is C60H36N4O. The molecular weight excluding hydrogens is 793 g/mol. The van der Waals surface area contributed by atoms with Crippen molar-refractivity contribution in [1.29, 1.82) is 0 Å². The van der Waals surface area contributed by atoms with E-state index in [0.29, 0.717) is 0 Å². The summed E-state index contributed by atoms with van der Waals surface area (Å²) in [7, 11) is 0. The van der Waals surface area contributed by atoms with E-state index < -0.39 is 0 Å². The molecule has 5 heterocycles. The number of hydrogen-bond acceptors (Lipinski definition) is 1. The molecule has 0 saturated heterocycles. The Morgan fingerprint density at radius 2 is 0.677 bits per heavy atom. The first kappa shape index (κ1) is 34.7. The molecule has 0 amide bonds. The predicted octanol–water partition coefficient (Wildman–Crippen LogP) is 15.8. The van der Waals surface area contributed by atoms with Crippen molar-refractivity contribution in [2.45, 2.75) is 0 Å². The lowest BCUT2D eigenvalue weighted by Gasteiger charge is -2.23. The van der Waals surface area contributed by atoms with E-state index in [4.69, 9.17) is 4.74 Å². The van der Waals surface area contributed by atoms with Crippen molar-refractivity contribution >= 4 is 87.2 Å². The molecule has 65 heavy (non-hydrogen) atoms. The minimum absolute atomic E-state index is 0.869. The quantitative estimate of drug-likeness (QED) is 0.174. The van der Waals surface area contributed by atoms with E-state index in [-0.39, 0.29) is 0 Å². The Morgan fingerprint density at radius 3 is 1.20 bits per heavy atom. The predicted molar refractivity (Wildman–Crippen MR) is 269 cm³/mol. The van der Waals surface area contributed by atoms with Gasteiger partial charge in [-0.3, -0.25) is 0 Å². The van der Waals surface area contributed by atoms with Crippen LogP contribution >= 0.6 is 0 Å². The van der Waals surface area contributed by atoms with Crippen LogP contribution in [0.15, 0.2) is 218 Å². The van der Waals surface area contributed by atoms with Gasteiger partial charge in [0.1, 0.15) is 0 Å². The lowest BCUT2D eigenvalue weighted by molar-refractivity contribution is 0.478. The minimum atomic E-state index is 0.869. The van der Waals surface area contributed by atoms with Gasteiger partial charge in [0.2, 0.25) is 0 Å². The van der Waals surface area contributed by atoms with Crippen molar-refractivity contribution < 1.29 is 4.74 Å². The monoisotopic (exact) mass is 828 g/mol. The largest absolute Gasteiger partial charge is 0.452 e. The third kappa shape index (κ3) is 4.71. The summed E-state index contributed by atoms with van der Waals surface area (Å²) in [6.07, 6.45) is 0. The Labute approximate surface area is 372 Å². The van der Waals surface area contributed by atoms with E-state index >= 15 is 0 Å². The van der Waals surface area contributed by atoms with Gasteiger partial charge in [-0.15, -0.1) is 0 Å². The number of nitrogens with zero attached hydrogens (tertiary/aromatic N) is 4. The van der Waals surface area contributed by atoms with E-state index in [1.54, 1.807) is 0 Å². The molecule has 4 aromatic heterocycles. The molecule has 0 spiro atoms. The maximum absolute atomic E-state index is 6.84. The molecule has 0 unspecified atom stereocenters. The van der Waals surface area contributed by atoms with Gasteiger partial charge in [-0.1, -0.05) is 127 Å². The highest BCUT2D eigenvalue weighted by atomic mass is 16.5. The van der Waals surface area contributed by atoms with Crippen molar-refractivity contribution in [3.63, 3.8) is 0 Å². The number of ether oxygens (including phenoxy) is 1. The molecule has 0 radical (unpaired) electrons. The van der Waals surface area contributed by atoms with Gasteiger partial charge in [0, 0.05) is 65.7 Å². The summed E-state index contributed by atoms with van der Waals surface area (Å²) in [5.41, 5.74) is 16.0. The van der Waals surface area contributed by atoms with Crippen LogP contribution in [0.1, 0.15) is 0 Å². The van der Waals surface area contributed by atoms with E-state index in [0.717, 1.165) is 61.9 Å². The number of rotatable bonds is 4. The Balaban J connectivity index is 0.935.